The number of fused-ring (bicyclic) bond motifs is 1. The number of allylic oxidation sites excluding steroid dienone is 1. The lowest BCUT2D eigenvalue weighted by Gasteiger charge is -2.34. The van der Waals surface area contributed by atoms with Crippen molar-refractivity contribution < 1.29 is 19.0 Å². The molecule has 2 aliphatic rings. The summed E-state index contributed by atoms with van der Waals surface area (Å²) in [6.07, 6.45) is 1.92. The third-order valence-corrected chi connectivity index (χ3v) is 5.57. The number of benzene rings is 1. The van der Waals surface area contributed by atoms with Crippen LogP contribution in [0.1, 0.15) is 25.5 Å². The van der Waals surface area contributed by atoms with Crippen LogP contribution in [-0.4, -0.2) is 36.9 Å². The van der Waals surface area contributed by atoms with Crippen molar-refractivity contribution in [1.82, 2.24) is 4.90 Å². The van der Waals surface area contributed by atoms with E-state index in [1.54, 1.807) is 21.1 Å². The Morgan fingerprint density at radius 3 is 2.65 bits per heavy atom. The molecule has 1 aromatic carbocycles. The number of esters is 1. The number of carbonyl (C=O) groups is 1. The summed E-state index contributed by atoms with van der Waals surface area (Å²) in [5, 5.41) is 2.77. The van der Waals surface area contributed by atoms with Gasteiger partial charge in [0.2, 0.25) is 0 Å². The molecule has 2 aliphatic heterocycles. The standard InChI is InChI=1S/C18H19BrN2O4S/c1-5-25-17(22)15-10(2)20-18-21(6-7-26-18)16(15)11-8-13(23-3)14(24-4)9-12(11)19/h6-9,16H,5H2,1-4H3/t16-/m1/s1. The van der Waals surface area contributed by atoms with Gasteiger partial charge in [0.1, 0.15) is 0 Å². The van der Waals surface area contributed by atoms with Crippen molar-refractivity contribution in [3.63, 3.8) is 0 Å². The highest BCUT2D eigenvalue weighted by atomic mass is 79.9. The summed E-state index contributed by atoms with van der Waals surface area (Å²) in [7, 11) is 3.17. The molecule has 0 bridgehead atoms. The molecule has 26 heavy (non-hydrogen) atoms. The molecule has 1 atom stereocenters. The number of carbonyl (C=O) groups excluding carboxylic acids is 1. The lowest BCUT2D eigenvalue weighted by atomic mass is 9.94. The van der Waals surface area contributed by atoms with Crippen LogP contribution in [0.4, 0.5) is 0 Å². The van der Waals surface area contributed by atoms with Crippen molar-refractivity contribution in [1.29, 1.82) is 0 Å². The highest BCUT2D eigenvalue weighted by Crippen LogP contribution is 2.45. The van der Waals surface area contributed by atoms with Crippen molar-refractivity contribution >= 4 is 38.8 Å². The van der Waals surface area contributed by atoms with Crippen LogP contribution < -0.4 is 9.47 Å². The summed E-state index contributed by atoms with van der Waals surface area (Å²) in [6.45, 7) is 3.92. The van der Waals surface area contributed by atoms with Crippen LogP contribution in [0.25, 0.3) is 0 Å². The Bertz CT molecular complexity index is 835. The molecule has 0 aromatic heterocycles. The molecule has 0 spiro atoms. The van der Waals surface area contributed by atoms with Crippen LogP contribution in [0, 0.1) is 0 Å². The van der Waals surface area contributed by atoms with Crippen LogP contribution >= 0.6 is 27.7 Å². The highest BCUT2D eigenvalue weighted by molar-refractivity contribution is 9.10. The van der Waals surface area contributed by atoms with Gasteiger partial charge in [0.05, 0.1) is 38.1 Å². The van der Waals surface area contributed by atoms with Crippen LogP contribution in [0.5, 0.6) is 11.5 Å². The van der Waals surface area contributed by atoms with Crippen LogP contribution in [-0.2, 0) is 9.53 Å². The maximum Gasteiger partial charge on any atom is 0.338 e. The van der Waals surface area contributed by atoms with E-state index in [-0.39, 0.29) is 12.0 Å². The van der Waals surface area contributed by atoms with Crippen LogP contribution in [0.15, 0.2) is 44.5 Å². The van der Waals surface area contributed by atoms with Crippen molar-refractivity contribution in [2.45, 2.75) is 19.9 Å². The number of thioether (sulfide) groups is 1. The lowest BCUT2D eigenvalue weighted by molar-refractivity contribution is -0.139. The lowest BCUT2D eigenvalue weighted by Crippen LogP contribution is -2.34. The SMILES string of the molecule is CCOC(=O)C1=C(C)N=C2SC=CN2[C@@H]1c1cc(OC)c(OC)cc1Br. The van der Waals surface area contributed by atoms with Gasteiger partial charge in [-0.15, -0.1) is 0 Å². The van der Waals surface area contributed by atoms with E-state index in [4.69, 9.17) is 14.2 Å². The van der Waals surface area contributed by atoms with Gasteiger partial charge in [0.15, 0.2) is 16.7 Å². The second-order valence-electron chi connectivity index (χ2n) is 5.56. The van der Waals surface area contributed by atoms with E-state index in [9.17, 15) is 4.79 Å². The zero-order valence-electron chi connectivity index (χ0n) is 14.9. The van der Waals surface area contributed by atoms with Gasteiger partial charge in [-0.1, -0.05) is 27.7 Å². The van der Waals surface area contributed by atoms with Gasteiger partial charge in [-0.3, -0.25) is 0 Å². The second-order valence-corrected chi connectivity index (χ2v) is 7.28. The van der Waals surface area contributed by atoms with Crippen molar-refractivity contribution in [3.8, 4) is 11.5 Å². The van der Waals surface area contributed by atoms with Gasteiger partial charge >= 0.3 is 5.97 Å². The molecule has 0 amide bonds. The van der Waals surface area contributed by atoms with Crippen molar-refractivity contribution in [2.75, 3.05) is 20.8 Å². The van der Waals surface area contributed by atoms with E-state index in [1.807, 2.05) is 35.6 Å². The first-order valence-electron chi connectivity index (χ1n) is 8.01. The number of methoxy groups -OCH3 is 2. The third-order valence-electron chi connectivity index (χ3n) is 4.11. The number of ether oxygens (including phenoxy) is 3. The predicted molar refractivity (Wildman–Crippen MR) is 105 cm³/mol. The molecule has 0 N–H and O–H groups in total. The summed E-state index contributed by atoms with van der Waals surface area (Å²) >= 11 is 5.13. The molecule has 2 heterocycles. The molecule has 0 unspecified atom stereocenters. The largest absolute Gasteiger partial charge is 0.493 e. The molecule has 138 valence electrons. The molecule has 0 radical (unpaired) electrons. The number of amidine groups is 1. The molecule has 1 aromatic rings. The topological polar surface area (TPSA) is 60.4 Å². The Kier molecular flexibility index (Phi) is 5.62. The Balaban J connectivity index is 2.18. The summed E-state index contributed by atoms with van der Waals surface area (Å²) in [6, 6.07) is 3.34. The summed E-state index contributed by atoms with van der Waals surface area (Å²) in [5.74, 6) is 0.828. The van der Waals surface area contributed by atoms with Gasteiger partial charge in [-0.05, 0) is 37.0 Å². The Hall–Kier alpha value is -1.93. The predicted octanol–water partition coefficient (Wildman–Crippen LogP) is 4.23. The van der Waals surface area contributed by atoms with Gasteiger partial charge < -0.3 is 19.1 Å². The zero-order valence-corrected chi connectivity index (χ0v) is 17.3. The first-order chi connectivity index (χ1) is 12.5. The van der Waals surface area contributed by atoms with E-state index in [0.717, 1.165) is 15.2 Å². The van der Waals surface area contributed by atoms with Gasteiger partial charge in [-0.25, -0.2) is 9.79 Å². The molecular weight excluding hydrogens is 420 g/mol. The molecular formula is C18H19BrN2O4S. The first-order valence-corrected chi connectivity index (χ1v) is 9.68. The maximum atomic E-state index is 12.7. The van der Waals surface area contributed by atoms with Gasteiger partial charge in [0, 0.05) is 10.7 Å². The van der Waals surface area contributed by atoms with E-state index in [0.29, 0.717) is 29.4 Å². The zero-order chi connectivity index (χ0) is 18.8. The third kappa shape index (κ3) is 3.23. The number of nitrogens with zero attached hydrogens (tertiary/aromatic N) is 2. The minimum atomic E-state index is -0.373. The number of rotatable bonds is 5. The fourth-order valence-electron chi connectivity index (χ4n) is 2.96. The van der Waals surface area contributed by atoms with Crippen molar-refractivity contribution in [3.05, 3.63) is 45.0 Å². The Morgan fingerprint density at radius 1 is 1.31 bits per heavy atom. The van der Waals surface area contributed by atoms with E-state index in [1.165, 1.54) is 11.8 Å². The fraction of sp³-hybridized carbons (Fsp3) is 0.333. The molecule has 0 fully saturated rings. The number of hydrogen-bond acceptors (Lipinski definition) is 7. The first kappa shape index (κ1) is 18.8. The normalized spacial score (nSPS) is 18.6. The van der Waals surface area contributed by atoms with E-state index >= 15 is 0 Å². The van der Waals surface area contributed by atoms with Gasteiger partial charge in [0.25, 0.3) is 0 Å². The average molecular weight is 439 g/mol. The van der Waals surface area contributed by atoms with Crippen molar-refractivity contribution in [2.24, 2.45) is 4.99 Å². The number of hydrogen-bond donors (Lipinski definition) is 0. The monoisotopic (exact) mass is 438 g/mol. The summed E-state index contributed by atoms with van der Waals surface area (Å²) in [5.41, 5.74) is 2.03. The smallest absolute Gasteiger partial charge is 0.338 e. The van der Waals surface area contributed by atoms with Crippen LogP contribution in [0.3, 0.4) is 0 Å². The molecule has 3 rings (SSSR count). The minimum Gasteiger partial charge on any atom is -0.493 e. The molecule has 6 nitrogen and oxygen atoms in total. The number of aliphatic imine (C=N–C) groups is 1. The molecule has 0 saturated carbocycles. The minimum absolute atomic E-state index is 0.302. The van der Waals surface area contributed by atoms with E-state index < -0.39 is 0 Å². The number of halogens is 1. The molecule has 0 aliphatic carbocycles. The fourth-order valence-corrected chi connectivity index (χ4v) is 4.29. The van der Waals surface area contributed by atoms with Crippen LogP contribution in [0.2, 0.25) is 0 Å². The summed E-state index contributed by atoms with van der Waals surface area (Å²) in [4.78, 5) is 19.2. The second kappa shape index (κ2) is 7.75. The van der Waals surface area contributed by atoms with E-state index in [2.05, 4.69) is 20.9 Å². The Labute approximate surface area is 165 Å². The van der Waals surface area contributed by atoms with Gasteiger partial charge in [-0.2, -0.15) is 0 Å². The highest BCUT2D eigenvalue weighted by Gasteiger charge is 2.38. The molecule has 8 heteroatoms. The maximum absolute atomic E-state index is 12.7. The average Bonchev–Trinajstić information content (AvgIpc) is 3.08. The molecule has 0 saturated heterocycles. The quantitative estimate of drug-likeness (QED) is 0.640. The summed E-state index contributed by atoms with van der Waals surface area (Å²) < 4.78 is 16.9. The Morgan fingerprint density at radius 2 is 2.00 bits per heavy atom.